The van der Waals surface area contributed by atoms with Gasteiger partial charge in [-0.2, -0.15) is 0 Å². The Hall–Kier alpha value is -3.12. The maximum atomic E-state index is 12.6. The predicted molar refractivity (Wildman–Crippen MR) is 108 cm³/mol. The molecule has 0 spiro atoms. The van der Waals surface area contributed by atoms with Crippen LogP contribution in [0, 0.1) is 12.3 Å². The van der Waals surface area contributed by atoms with Crippen LogP contribution < -0.4 is 10.2 Å². The molecule has 0 aliphatic carbocycles. The second kappa shape index (κ2) is 9.71. The number of carbonyl (C=O) groups excluding carboxylic acids is 1. The topological polar surface area (TPSA) is 98.7 Å². The Morgan fingerprint density at radius 2 is 1.96 bits per heavy atom. The SMILES string of the molecule is C#CCN(C)Cc1ccc(NS(=O)(=O)c2cccc(/C=C/C(=O)NO)c2)cc1. The van der Waals surface area contributed by atoms with E-state index in [0.717, 1.165) is 11.6 Å². The molecule has 0 aliphatic rings. The van der Waals surface area contributed by atoms with Gasteiger partial charge in [0.15, 0.2) is 0 Å². The molecular formula is C20H21N3O4S. The summed E-state index contributed by atoms with van der Waals surface area (Å²) in [5, 5.41) is 8.49. The van der Waals surface area contributed by atoms with E-state index in [4.69, 9.17) is 11.6 Å². The van der Waals surface area contributed by atoms with Gasteiger partial charge in [0.2, 0.25) is 0 Å². The number of carbonyl (C=O) groups is 1. The first-order valence-corrected chi connectivity index (χ1v) is 9.78. The van der Waals surface area contributed by atoms with E-state index in [-0.39, 0.29) is 4.90 Å². The van der Waals surface area contributed by atoms with Gasteiger partial charge in [-0.25, -0.2) is 13.9 Å². The van der Waals surface area contributed by atoms with Crippen LogP contribution in [0.4, 0.5) is 5.69 Å². The normalized spacial score (nSPS) is 11.4. The fraction of sp³-hybridized carbons (Fsp3) is 0.150. The van der Waals surface area contributed by atoms with Crippen LogP contribution in [0.5, 0.6) is 0 Å². The minimum Gasteiger partial charge on any atom is -0.291 e. The molecule has 7 nitrogen and oxygen atoms in total. The van der Waals surface area contributed by atoms with Crippen molar-refractivity contribution < 1.29 is 18.4 Å². The summed E-state index contributed by atoms with van der Waals surface area (Å²) in [6.45, 7) is 1.19. The summed E-state index contributed by atoms with van der Waals surface area (Å²) in [6.07, 6.45) is 7.77. The molecule has 3 N–H and O–H groups in total. The van der Waals surface area contributed by atoms with Gasteiger partial charge in [-0.1, -0.05) is 30.2 Å². The lowest BCUT2D eigenvalue weighted by atomic mass is 10.2. The summed E-state index contributed by atoms with van der Waals surface area (Å²) >= 11 is 0. The quantitative estimate of drug-likeness (QED) is 0.273. The van der Waals surface area contributed by atoms with Crippen LogP contribution >= 0.6 is 0 Å². The lowest BCUT2D eigenvalue weighted by molar-refractivity contribution is -0.124. The van der Waals surface area contributed by atoms with Crippen molar-refractivity contribution >= 4 is 27.7 Å². The highest BCUT2D eigenvalue weighted by Crippen LogP contribution is 2.18. The summed E-state index contributed by atoms with van der Waals surface area (Å²) in [7, 11) is -1.89. The Balaban J connectivity index is 2.12. The molecule has 8 heteroatoms. The van der Waals surface area contributed by atoms with E-state index in [0.29, 0.717) is 24.3 Å². The summed E-state index contributed by atoms with van der Waals surface area (Å²) < 4.78 is 27.7. The van der Waals surface area contributed by atoms with Crippen LogP contribution in [0.3, 0.4) is 0 Å². The Bertz CT molecular complexity index is 993. The van der Waals surface area contributed by atoms with Crippen molar-refractivity contribution in [3.8, 4) is 12.3 Å². The van der Waals surface area contributed by atoms with E-state index in [1.165, 1.54) is 23.7 Å². The van der Waals surface area contributed by atoms with Crippen LogP contribution in [0.25, 0.3) is 6.08 Å². The zero-order valence-electron chi connectivity index (χ0n) is 15.3. The standard InChI is InChI=1S/C20H21N3O4S/c1-3-13-23(2)15-17-7-10-18(11-8-17)22-28(26,27)19-6-4-5-16(14-19)9-12-20(24)21-25/h1,4-12,14,22,25H,13,15H2,2H3,(H,21,24)/b12-9+. The van der Waals surface area contributed by atoms with Crippen LogP contribution in [-0.4, -0.2) is 38.0 Å². The third kappa shape index (κ3) is 6.25. The Morgan fingerprint density at radius 1 is 1.25 bits per heavy atom. The lowest BCUT2D eigenvalue weighted by Gasteiger charge is -2.14. The molecule has 1 amide bonds. The molecule has 0 atom stereocenters. The first kappa shape index (κ1) is 21.2. The zero-order valence-corrected chi connectivity index (χ0v) is 16.1. The van der Waals surface area contributed by atoms with Crippen molar-refractivity contribution in [3.05, 3.63) is 65.7 Å². The number of nitrogens with zero attached hydrogens (tertiary/aromatic N) is 1. The van der Waals surface area contributed by atoms with Crippen LogP contribution in [0.15, 0.2) is 59.5 Å². The van der Waals surface area contributed by atoms with Crippen molar-refractivity contribution in [3.63, 3.8) is 0 Å². The Labute approximate surface area is 164 Å². The molecule has 0 radical (unpaired) electrons. The number of anilines is 1. The van der Waals surface area contributed by atoms with Crippen molar-refractivity contribution in [2.75, 3.05) is 18.3 Å². The lowest BCUT2D eigenvalue weighted by Crippen LogP contribution is -2.17. The molecule has 0 saturated carbocycles. The van der Waals surface area contributed by atoms with Gasteiger partial charge in [0.1, 0.15) is 0 Å². The van der Waals surface area contributed by atoms with Crippen LogP contribution in [0.1, 0.15) is 11.1 Å². The third-order valence-electron chi connectivity index (χ3n) is 3.73. The third-order valence-corrected chi connectivity index (χ3v) is 5.10. The molecular weight excluding hydrogens is 378 g/mol. The maximum absolute atomic E-state index is 12.6. The van der Waals surface area contributed by atoms with E-state index in [1.807, 2.05) is 24.1 Å². The number of rotatable bonds is 8. The maximum Gasteiger partial charge on any atom is 0.267 e. The number of benzene rings is 2. The summed E-state index contributed by atoms with van der Waals surface area (Å²) in [6, 6.07) is 13.1. The highest BCUT2D eigenvalue weighted by Gasteiger charge is 2.14. The van der Waals surface area contributed by atoms with Gasteiger partial charge >= 0.3 is 0 Å². The van der Waals surface area contributed by atoms with Crippen molar-refractivity contribution in [2.45, 2.75) is 11.4 Å². The van der Waals surface area contributed by atoms with Gasteiger partial charge in [0, 0.05) is 18.3 Å². The van der Waals surface area contributed by atoms with E-state index < -0.39 is 15.9 Å². The molecule has 28 heavy (non-hydrogen) atoms. The monoisotopic (exact) mass is 399 g/mol. The molecule has 0 fully saturated rings. The Morgan fingerprint density at radius 3 is 2.61 bits per heavy atom. The van der Waals surface area contributed by atoms with Gasteiger partial charge in [0.05, 0.1) is 11.4 Å². The minimum absolute atomic E-state index is 0.0527. The molecule has 0 aliphatic heterocycles. The van der Waals surface area contributed by atoms with Gasteiger partial charge in [-0.3, -0.25) is 19.6 Å². The number of hydrogen-bond acceptors (Lipinski definition) is 5. The highest BCUT2D eigenvalue weighted by atomic mass is 32.2. The number of nitrogens with one attached hydrogen (secondary N) is 2. The van der Waals surface area contributed by atoms with Crippen molar-refractivity contribution in [1.29, 1.82) is 0 Å². The second-order valence-corrected chi connectivity index (χ2v) is 7.74. The Kier molecular flexibility index (Phi) is 7.35. The van der Waals surface area contributed by atoms with Gasteiger partial charge in [-0.05, 0) is 48.5 Å². The summed E-state index contributed by atoms with van der Waals surface area (Å²) in [5.74, 6) is 1.86. The fourth-order valence-corrected chi connectivity index (χ4v) is 3.52. The largest absolute Gasteiger partial charge is 0.291 e. The van der Waals surface area contributed by atoms with Crippen molar-refractivity contribution in [1.82, 2.24) is 10.4 Å². The van der Waals surface area contributed by atoms with Crippen LogP contribution in [0.2, 0.25) is 0 Å². The van der Waals surface area contributed by atoms with Crippen molar-refractivity contribution in [2.24, 2.45) is 0 Å². The number of terminal acetylenes is 1. The summed E-state index contributed by atoms with van der Waals surface area (Å²) in [4.78, 5) is 13.1. The molecule has 0 bridgehead atoms. The zero-order chi connectivity index (χ0) is 20.6. The van der Waals surface area contributed by atoms with E-state index in [9.17, 15) is 13.2 Å². The van der Waals surface area contributed by atoms with Crippen LogP contribution in [-0.2, 0) is 21.4 Å². The minimum atomic E-state index is -3.80. The molecule has 2 aromatic carbocycles. The highest BCUT2D eigenvalue weighted by molar-refractivity contribution is 7.92. The first-order chi connectivity index (χ1) is 13.3. The number of sulfonamides is 1. The number of amides is 1. The molecule has 0 saturated heterocycles. The predicted octanol–water partition coefficient (Wildman–Crippen LogP) is 2.07. The fourth-order valence-electron chi connectivity index (χ4n) is 2.41. The average Bonchev–Trinajstić information content (AvgIpc) is 2.68. The molecule has 2 rings (SSSR count). The molecule has 0 unspecified atom stereocenters. The van der Waals surface area contributed by atoms with Gasteiger partial charge < -0.3 is 0 Å². The summed E-state index contributed by atoms with van der Waals surface area (Å²) in [5.41, 5.74) is 3.41. The molecule has 0 aromatic heterocycles. The smallest absolute Gasteiger partial charge is 0.267 e. The van der Waals surface area contributed by atoms with E-state index in [1.54, 1.807) is 24.3 Å². The number of hydroxylamine groups is 1. The molecule has 146 valence electrons. The first-order valence-electron chi connectivity index (χ1n) is 8.30. The molecule has 2 aromatic rings. The van der Waals surface area contributed by atoms with Gasteiger partial charge in [-0.15, -0.1) is 6.42 Å². The average molecular weight is 399 g/mol. The number of hydrogen-bond donors (Lipinski definition) is 3. The van der Waals surface area contributed by atoms with E-state index in [2.05, 4.69) is 10.6 Å². The van der Waals surface area contributed by atoms with E-state index >= 15 is 0 Å². The van der Waals surface area contributed by atoms with Gasteiger partial charge in [0.25, 0.3) is 15.9 Å². The molecule has 0 heterocycles. The second-order valence-electron chi connectivity index (χ2n) is 6.06.